The summed E-state index contributed by atoms with van der Waals surface area (Å²) in [7, 11) is 1.67. The van der Waals surface area contributed by atoms with Crippen molar-refractivity contribution >= 4 is 5.91 Å². The molecule has 0 saturated carbocycles. The number of methoxy groups -OCH3 is 1. The third-order valence-electron chi connectivity index (χ3n) is 4.40. The molecular weight excluding hydrogens is 292 g/mol. The van der Waals surface area contributed by atoms with Gasteiger partial charge in [-0.05, 0) is 30.0 Å². The minimum atomic E-state index is 0.180. The van der Waals surface area contributed by atoms with E-state index in [-0.39, 0.29) is 5.91 Å². The predicted octanol–water partition coefficient (Wildman–Crippen LogP) is 2.06. The molecule has 0 aromatic heterocycles. The highest BCUT2D eigenvalue weighted by molar-refractivity contribution is 5.73. The molecule has 1 aliphatic heterocycles. The van der Waals surface area contributed by atoms with E-state index in [9.17, 15) is 4.79 Å². The fourth-order valence-corrected chi connectivity index (χ4v) is 2.93. The first-order valence-corrected chi connectivity index (χ1v) is 8.29. The molecule has 0 unspecified atom stereocenters. The minimum Gasteiger partial charge on any atom is -0.491 e. The summed E-state index contributed by atoms with van der Waals surface area (Å²) >= 11 is 0. The summed E-state index contributed by atoms with van der Waals surface area (Å²) < 4.78 is 10.5. The molecule has 2 rings (SSSR count). The number of amides is 1. The summed E-state index contributed by atoms with van der Waals surface area (Å²) in [6, 6.07) is 8.63. The summed E-state index contributed by atoms with van der Waals surface area (Å²) in [5.74, 6) is 1.53. The van der Waals surface area contributed by atoms with Gasteiger partial charge in [0.15, 0.2) is 0 Å². The van der Waals surface area contributed by atoms with Crippen molar-refractivity contribution in [3.63, 3.8) is 0 Å². The van der Waals surface area contributed by atoms with Crippen LogP contribution in [0.25, 0.3) is 0 Å². The highest BCUT2D eigenvalue weighted by Gasteiger charge is 2.26. The third kappa shape index (κ3) is 5.52. The molecule has 23 heavy (non-hydrogen) atoms. The zero-order valence-electron chi connectivity index (χ0n) is 14.4. The van der Waals surface area contributed by atoms with E-state index in [0.29, 0.717) is 25.2 Å². The lowest BCUT2D eigenvalue weighted by Gasteiger charge is -2.37. The van der Waals surface area contributed by atoms with Crippen LogP contribution < -0.4 is 10.1 Å². The van der Waals surface area contributed by atoms with Gasteiger partial charge in [0.25, 0.3) is 0 Å². The predicted molar refractivity (Wildman–Crippen MR) is 90.5 cm³/mol. The van der Waals surface area contributed by atoms with Crippen LogP contribution in [0, 0.1) is 5.92 Å². The summed E-state index contributed by atoms with van der Waals surface area (Å²) in [6.07, 6.45) is 1.01. The van der Waals surface area contributed by atoms with Gasteiger partial charge >= 0.3 is 0 Å². The van der Waals surface area contributed by atoms with Gasteiger partial charge in [-0.1, -0.05) is 19.1 Å². The lowest BCUT2D eigenvalue weighted by Crippen LogP contribution is -2.49. The van der Waals surface area contributed by atoms with Crippen LogP contribution in [-0.4, -0.2) is 50.3 Å². The second-order valence-electron chi connectivity index (χ2n) is 6.20. The Balaban J connectivity index is 1.76. The largest absolute Gasteiger partial charge is 0.491 e. The second-order valence-corrected chi connectivity index (χ2v) is 6.20. The first-order valence-electron chi connectivity index (χ1n) is 8.29. The van der Waals surface area contributed by atoms with E-state index in [2.05, 4.69) is 24.4 Å². The Morgan fingerprint density at radius 3 is 2.65 bits per heavy atom. The molecule has 0 bridgehead atoms. The van der Waals surface area contributed by atoms with E-state index in [4.69, 9.17) is 9.47 Å². The number of carbonyl (C=O) groups is 1. The molecule has 1 saturated heterocycles. The molecular formula is C18H28N2O3. The van der Waals surface area contributed by atoms with E-state index < -0.39 is 0 Å². The van der Waals surface area contributed by atoms with Gasteiger partial charge in [0.2, 0.25) is 5.91 Å². The highest BCUT2D eigenvalue weighted by Crippen LogP contribution is 2.18. The minimum absolute atomic E-state index is 0.180. The van der Waals surface area contributed by atoms with Gasteiger partial charge in [0, 0.05) is 39.7 Å². The second kappa shape index (κ2) is 8.89. The number of carbonyl (C=O) groups excluding carboxylic acids is 1. The van der Waals surface area contributed by atoms with Crippen LogP contribution in [0.1, 0.15) is 25.8 Å². The zero-order chi connectivity index (χ0) is 16.7. The molecule has 5 heteroatoms. The lowest BCUT2D eigenvalue weighted by atomic mass is 9.93. The standard InChI is InChI=1S/C18H28N2O3/c1-14-13-20(15(2)21)9-8-18(14)19-12-16-4-6-17(7-5-16)23-11-10-22-3/h4-7,14,18-19H,8-13H2,1-3H3/t14-,18-/m0/s1. The Bertz CT molecular complexity index is 490. The lowest BCUT2D eigenvalue weighted by molar-refractivity contribution is -0.130. The molecule has 5 nitrogen and oxygen atoms in total. The molecule has 1 heterocycles. The van der Waals surface area contributed by atoms with Crippen LogP contribution in [0.2, 0.25) is 0 Å². The number of benzene rings is 1. The maximum Gasteiger partial charge on any atom is 0.219 e. The van der Waals surface area contributed by atoms with Crippen molar-refractivity contribution in [1.82, 2.24) is 10.2 Å². The van der Waals surface area contributed by atoms with Crippen molar-refractivity contribution in [1.29, 1.82) is 0 Å². The Hall–Kier alpha value is -1.59. The smallest absolute Gasteiger partial charge is 0.219 e. The molecule has 1 fully saturated rings. The van der Waals surface area contributed by atoms with Crippen molar-refractivity contribution in [3.05, 3.63) is 29.8 Å². The molecule has 1 aromatic rings. The quantitative estimate of drug-likeness (QED) is 0.781. The van der Waals surface area contributed by atoms with E-state index in [1.54, 1.807) is 14.0 Å². The average molecular weight is 320 g/mol. The van der Waals surface area contributed by atoms with Gasteiger partial charge in [0.05, 0.1) is 6.61 Å². The molecule has 0 spiro atoms. The summed E-state index contributed by atoms with van der Waals surface area (Å²) in [5.41, 5.74) is 1.24. The number of nitrogens with one attached hydrogen (secondary N) is 1. The van der Waals surface area contributed by atoms with Crippen LogP contribution in [0.5, 0.6) is 5.75 Å². The Kier molecular flexibility index (Phi) is 6.86. The maximum absolute atomic E-state index is 11.4. The Morgan fingerprint density at radius 1 is 1.30 bits per heavy atom. The van der Waals surface area contributed by atoms with E-state index in [1.807, 2.05) is 17.0 Å². The van der Waals surface area contributed by atoms with Crippen LogP contribution in [0.15, 0.2) is 24.3 Å². The highest BCUT2D eigenvalue weighted by atomic mass is 16.5. The summed E-state index contributed by atoms with van der Waals surface area (Å²) in [4.78, 5) is 13.4. The van der Waals surface area contributed by atoms with Crippen molar-refractivity contribution in [3.8, 4) is 5.75 Å². The fourth-order valence-electron chi connectivity index (χ4n) is 2.93. The van der Waals surface area contributed by atoms with Gasteiger partial charge in [-0.2, -0.15) is 0 Å². The first kappa shape index (κ1) is 17.8. The SMILES string of the molecule is COCCOc1ccc(CN[C@H]2CCN(C(C)=O)C[C@@H]2C)cc1. The first-order chi connectivity index (χ1) is 11.1. The molecule has 1 aliphatic rings. The molecule has 1 amide bonds. The number of ether oxygens (including phenoxy) is 2. The monoisotopic (exact) mass is 320 g/mol. The Labute approximate surface area is 139 Å². The average Bonchev–Trinajstić information content (AvgIpc) is 2.55. The molecule has 1 aromatic carbocycles. The molecule has 0 radical (unpaired) electrons. The maximum atomic E-state index is 11.4. The third-order valence-corrected chi connectivity index (χ3v) is 4.40. The topological polar surface area (TPSA) is 50.8 Å². The van der Waals surface area contributed by atoms with Crippen LogP contribution in [-0.2, 0) is 16.1 Å². The van der Waals surface area contributed by atoms with Crippen LogP contribution in [0.3, 0.4) is 0 Å². The van der Waals surface area contributed by atoms with Crippen molar-refractivity contribution in [2.24, 2.45) is 5.92 Å². The van der Waals surface area contributed by atoms with E-state index >= 15 is 0 Å². The van der Waals surface area contributed by atoms with E-state index in [1.165, 1.54) is 5.56 Å². The van der Waals surface area contributed by atoms with Crippen LogP contribution >= 0.6 is 0 Å². The number of piperidine rings is 1. The van der Waals surface area contributed by atoms with Gasteiger partial charge in [-0.15, -0.1) is 0 Å². The van der Waals surface area contributed by atoms with Gasteiger partial charge in [0.1, 0.15) is 12.4 Å². The summed E-state index contributed by atoms with van der Waals surface area (Å²) in [6.45, 7) is 7.56. The molecule has 128 valence electrons. The van der Waals surface area contributed by atoms with Crippen molar-refractivity contribution < 1.29 is 14.3 Å². The summed E-state index contributed by atoms with van der Waals surface area (Å²) in [5, 5.41) is 3.62. The van der Waals surface area contributed by atoms with Gasteiger partial charge in [-0.25, -0.2) is 0 Å². The zero-order valence-corrected chi connectivity index (χ0v) is 14.4. The van der Waals surface area contributed by atoms with Crippen molar-refractivity contribution in [2.45, 2.75) is 32.9 Å². The van der Waals surface area contributed by atoms with Crippen LogP contribution in [0.4, 0.5) is 0 Å². The molecule has 0 aliphatic carbocycles. The van der Waals surface area contributed by atoms with Crippen molar-refractivity contribution in [2.75, 3.05) is 33.4 Å². The number of nitrogens with zero attached hydrogens (tertiary/aromatic N) is 1. The Morgan fingerprint density at radius 2 is 2.04 bits per heavy atom. The van der Waals surface area contributed by atoms with E-state index in [0.717, 1.165) is 31.8 Å². The van der Waals surface area contributed by atoms with Gasteiger partial charge < -0.3 is 19.7 Å². The molecule has 1 N–H and O–H groups in total. The molecule has 2 atom stereocenters. The number of hydrogen-bond donors (Lipinski definition) is 1. The fraction of sp³-hybridized carbons (Fsp3) is 0.611. The van der Waals surface area contributed by atoms with Gasteiger partial charge in [-0.3, -0.25) is 4.79 Å². The number of hydrogen-bond acceptors (Lipinski definition) is 4. The number of rotatable bonds is 7. The normalized spacial score (nSPS) is 21.3. The number of likely N-dealkylation sites (tertiary alicyclic amines) is 1.